The maximum atomic E-state index is 5.81. The summed E-state index contributed by atoms with van der Waals surface area (Å²) >= 11 is 1.79. The van der Waals surface area contributed by atoms with Crippen LogP contribution >= 0.6 is 11.8 Å². The zero-order valence-electron chi connectivity index (χ0n) is 9.81. The Hall–Kier alpha value is -0.750. The number of hydrogen-bond acceptors (Lipinski definition) is 5. The van der Waals surface area contributed by atoms with Crippen molar-refractivity contribution < 1.29 is 0 Å². The maximum absolute atomic E-state index is 5.81. The summed E-state index contributed by atoms with van der Waals surface area (Å²) in [6.07, 6.45) is 2.48. The van der Waals surface area contributed by atoms with Gasteiger partial charge in [-0.2, -0.15) is 0 Å². The molecule has 1 fully saturated rings. The molecule has 0 bridgehead atoms. The third-order valence-electron chi connectivity index (χ3n) is 2.73. The molecule has 1 aliphatic rings. The first-order chi connectivity index (χ1) is 7.68. The molecule has 6 heteroatoms. The topological polar surface area (TPSA) is 68.8 Å². The van der Waals surface area contributed by atoms with Crippen molar-refractivity contribution >= 4 is 17.7 Å². The minimum Gasteiger partial charge on any atom is -0.368 e. The van der Waals surface area contributed by atoms with Gasteiger partial charge in [-0.25, -0.2) is 0 Å². The van der Waals surface area contributed by atoms with E-state index in [4.69, 9.17) is 5.73 Å². The predicted octanol–water partition coefficient (Wildman–Crippen LogP) is 1.29. The Bertz CT molecular complexity index is 343. The maximum Gasteiger partial charge on any atom is 0.222 e. The summed E-state index contributed by atoms with van der Waals surface area (Å²) in [6, 6.07) is 0.314. The average molecular weight is 241 g/mol. The Labute approximate surface area is 100 Å². The highest BCUT2D eigenvalue weighted by atomic mass is 32.2. The van der Waals surface area contributed by atoms with E-state index in [0.29, 0.717) is 17.2 Å². The Kier molecular flexibility index (Phi) is 3.70. The van der Waals surface area contributed by atoms with Crippen molar-refractivity contribution in [2.24, 2.45) is 0 Å². The number of hydrogen-bond donors (Lipinski definition) is 2. The van der Waals surface area contributed by atoms with Gasteiger partial charge in [0.05, 0.1) is 0 Å². The van der Waals surface area contributed by atoms with E-state index in [0.717, 1.165) is 18.2 Å². The van der Waals surface area contributed by atoms with Gasteiger partial charge < -0.3 is 11.1 Å². The average Bonchev–Trinajstić information content (AvgIpc) is 2.61. The Morgan fingerprint density at radius 1 is 1.50 bits per heavy atom. The number of anilines is 1. The second-order valence-corrected chi connectivity index (χ2v) is 5.66. The van der Waals surface area contributed by atoms with Crippen molar-refractivity contribution in [3.05, 3.63) is 0 Å². The second kappa shape index (κ2) is 5.05. The van der Waals surface area contributed by atoms with Gasteiger partial charge in [0.1, 0.15) is 0 Å². The van der Waals surface area contributed by atoms with Crippen LogP contribution in [0.1, 0.15) is 32.7 Å². The molecular formula is C10H19N5S. The molecular weight excluding hydrogens is 222 g/mol. The Morgan fingerprint density at radius 2 is 2.31 bits per heavy atom. The fraction of sp³-hybridized carbons (Fsp3) is 0.800. The van der Waals surface area contributed by atoms with Crippen LogP contribution in [0.25, 0.3) is 0 Å². The van der Waals surface area contributed by atoms with Gasteiger partial charge in [-0.1, -0.05) is 11.8 Å². The highest BCUT2D eigenvalue weighted by molar-refractivity contribution is 7.99. The quantitative estimate of drug-likeness (QED) is 0.834. The first kappa shape index (κ1) is 11.7. The SMILES string of the molecule is CC(C)n1c(N)nnc1SC1CCCNC1. The highest BCUT2D eigenvalue weighted by Gasteiger charge is 2.19. The minimum absolute atomic E-state index is 0.314. The van der Waals surface area contributed by atoms with Gasteiger partial charge in [-0.05, 0) is 33.2 Å². The molecule has 1 atom stereocenters. The Balaban J connectivity index is 2.08. The standard InChI is InChI=1S/C10H19N5S/c1-7(2)15-9(11)13-14-10(15)16-8-4-3-5-12-6-8/h7-8,12H,3-6H2,1-2H3,(H2,11,13). The summed E-state index contributed by atoms with van der Waals surface area (Å²) < 4.78 is 2.00. The molecule has 5 nitrogen and oxygen atoms in total. The molecule has 1 aromatic rings. The molecule has 90 valence electrons. The van der Waals surface area contributed by atoms with E-state index >= 15 is 0 Å². The van der Waals surface area contributed by atoms with Crippen LogP contribution in [0.4, 0.5) is 5.95 Å². The van der Waals surface area contributed by atoms with Crippen LogP contribution in [0.5, 0.6) is 0 Å². The number of nitrogens with two attached hydrogens (primary N) is 1. The third-order valence-corrected chi connectivity index (χ3v) is 3.96. The molecule has 1 saturated heterocycles. The molecule has 0 radical (unpaired) electrons. The lowest BCUT2D eigenvalue weighted by Gasteiger charge is -2.22. The van der Waals surface area contributed by atoms with Crippen LogP contribution in [-0.2, 0) is 0 Å². The first-order valence-corrected chi connectivity index (χ1v) is 6.64. The molecule has 0 saturated carbocycles. The molecule has 0 aliphatic carbocycles. The first-order valence-electron chi connectivity index (χ1n) is 5.76. The summed E-state index contributed by atoms with van der Waals surface area (Å²) in [5.41, 5.74) is 5.81. The lowest BCUT2D eigenvalue weighted by molar-refractivity contribution is 0.524. The molecule has 3 N–H and O–H groups in total. The number of nitrogen functional groups attached to an aromatic ring is 1. The van der Waals surface area contributed by atoms with Gasteiger partial charge in [-0.3, -0.25) is 4.57 Å². The molecule has 0 amide bonds. The molecule has 1 unspecified atom stereocenters. The lowest BCUT2D eigenvalue weighted by atomic mass is 10.2. The minimum atomic E-state index is 0.314. The molecule has 2 rings (SSSR count). The van der Waals surface area contributed by atoms with Crippen LogP contribution in [-0.4, -0.2) is 33.1 Å². The largest absolute Gasteiger partial charge is 0.368 e. The molecule has 16 heavy (non-hydrogen) atoms. The number of piperidine rings is 1. The Morgan fingerprint density at radius 3 is 2.94 bits per heavy atom. The van der Waals surface area contributed by atoms with E-state index in [9.17, 15) is 0 Å². The van der Waals surface area contributed by atoms with Gasteiger partial charge in [-0.15, -0.1) is 10.2 Å². The van der Waals surface area contributed by atoms with Crippen LogP contribution in [0, 0.1) is 0 Å². The van der Waals surface area contributed by atoms with E-state index in [1.807, 2.05) is 4.57 Å². The number of thioether (sulfide) groups is 1. The van der Waals surface area contributed by atoms with Gasteiger partial charge in [0.25, 0.3) is 0 Å². The molecule has 0 spiro atoms. The van der Waals surface area contributed by atoms with E-state index in [1.54, 1.807) is 11.8 Å². The number of aromatic nitrogens is 3. The van der Waals surface area contributed by atoms with Crippen molar-refractivity contribution in [1.29, 1.82) is 0 Å². The number of nitrogens with one attached hydrogen (secondary N) is 1. The zero-order valence-corrected chi connectivity index (χ0v) is 10.6. The highest BCUT2D eigenvalue weighted by Crippen LogP contribution is 2.29. The summed E-state index contributed by atoms with van der Waals surface area (Å²) in [4.78, 5) is 0. The summed E-state index contributed by atoms with van der Waals surface area (Å²) in [5, 5.41) is 13.0. The van der Waals surface area contributed by atoms with E-state index in [1.165, 1.54) is 12.8 Å². The zero-order chi connectivity index (χ0) is 11.5. The number of rotatable bonds is 3. The van der Waals surface area contributed by atoms with Gasteiger partial charge >= 0.3 is 0 Å². The van der Waals surface area contributed by atoms with Crippen LogP contribution in [0.3, 0.4) is 0 Å². The van der Waals surface area contributed by atoms with E-state index in [2.05, 4.69) is 29.4 Å². The van der Waals surface area contributed by atoms with Crippen molar-refractivity contribution in [3.8, 4) is 0 Å². The number of nitrogens with zero attached hydrogens (tertiary/aromatic N) is 3. The summed E-state index contributed by atoms with van der Waals surface area (Å²) in [6.45, 7) is 6.39. The summed E-state index contributed by atoms with van der Waals surface area (Å²) in [7, 11) is 0. The van der Waals surface area contributed by atoms with Crippen LogP contribution < -0.4 is 11.1 Å². The van der Waals surface area contributed by atoms with Gasteiger partial charge in [0.2, 0.25) is 5.95 Å². The fourth-order valence-electron chi connectivity index (χ4n) is 1.92. The lowest BCUT2D eigenvalue weighted by Crippen LogP contribution is -2.31. The third kappa shape index (κ3) is 2.49. The van der Waals surface area contributed by atoms with Crippen LogP contribution in [0.15, 0.2) is 5.16 Å². The van der Waals surface area contributed by atoms with Crippen molar-refractivity contribution in [2.45, 2.75) is 43.1 Å². The molecule has 0 aromatic carbocycles. The van der Waals surface area contributed by atoms with Crippen LogP contribution in [0.2, 0.25) is 0 Å². The monoisotopic (exact) mass is 241 g/mol. The van der Waals surface area contributed by atoms with Crippen molar-refractivity contribution in [3.63, 3.8) is 0 Å². The smallest absolute Gasteiger partial charge is 0.222 e. The van der Waals surface area contributed by atoms with Crippen molar-refractivity contribution in [1.82, 2.24) is 20.1 Å². The van der Waals surface area contributed by atoms with Gasteiger partial charge in [0, 0.05) is 17.8 Å². The second-order valence-electron chi connectivity index (χ2n) is 4.39. The van der Waals surface area contributed by atoms with E-state index < -0.39 is 0 Å². The molecule has 1 aliphatic heterocycles. The molecule has 1 aromatic heterocycles. The summed E-state index contributed by atoms with van der Waals surface area (Å²) in [5.74, 6) is 0.515. The molecule has 2 heterocycles. The van der Waals surface area contributed by atoms with Crippen molar-refractivity contribution in [2.75, 3.05) is 18.8 Å². The van der Waals surface area contributed by atoms with Gasteiger partial charge in [0.15, 0.2) is 5.16 Å². The fourth-order valence-corrected chi connectivity index (χ4v) is 3.21. The van der Waals surface area contributed by atoms with E-state index in [-0.39, 0.29) is 0 Å². The predicted molar refractivity (Wildman–Crippen MR) is 66.6 cm³/mol. The normalized spacial score (nSPS) is 21.6.